The first-order chi connectivity index (χ1) is 8.05. The highest BCUT2D eigenvalue weighted by Crippen LogP contribution is 2.26. The predicted octanol–water partition coefficient (Wildman–Crippen LogP) is 2.53. The first-order valence-electron chi connectivity index (χ1n) is 4.59. The molecule has 6 heteroatoms. The smallest absolute Gasteiger partial charge is 0.208 e. The summed E-state index contributed by atoms with van der Waals surface area (Å²) in [7, 11) is -3.74. The van der Waals surface area contributed by atoms with E-state index < -0.39 is 15.7 Å². The van der Waals surface area contributed by atoms with Gasteiger partial charge in [-0.1, -0.05) is 0 Å². The molecule has 0 saturated heterocycles. The van der Waals surface area contributed by atoms with E-state index in [0.717, 1.165) is 23.5 Å². The lowest BCUT2D eigenvalue weighted by Gasteiger charge is -2.02. The maximum Gasteiger partial charge on any atom is 0.208 e. The second kappa shape index (κ2) is 4.38. The number of sulfone groups is 1. The third-order valence-electron chi connectivity index (χ3n) is 2.18. The van der Waals surface area contributed by atoms with Crippen molar-refractivity contribution in [3.05, 3.63) is 46.4 Å². The number of benzene rings is 1. The van der Waals surface area contributed by atoms with Crippen LogP contribution in [0.1, 0.15) is 9.67 Å². The van der Waals surface area contributed by atoms with Gasteiger partial charge in [-0.05, 0) is 35.7 Å². The minimum absolute atomic E-state index is 0.0274. The molecule has 17 heavy (non-hydrogen) atoms. The van der Waals surface area contributed by atoms with Gasteiger partial charge in [-0.15, -0.1) is 11.3 Å². The molecule has 0 unspecified atom stereocenters. The number of carbonyl (C=O) groups excluding carboxylic acids is 1. The Labute approximate surface area is 101 Å². The molecule has 0 bridgehead atoms. The van der Waals surface area contributed by atoms with Gasteiger partial charge < -0.3 is 0 Å². The van der Waals surface area contributed by atoms with Crippen molar-refractivity contribution in [2.24, 2.45) is 0 Å². The molecule has 0 aliphatic carbocycles. The summed E-state index contributed by atoms with van der Waals surface area (Å²) in [5.41, 5.74) is 0. The van der Waals surface area contributed by atoms with E-state index in [1.807, 2.05) is 0 Å². The third-order valence-corrected chi connectivity index (χ3v) is 4.98. The minimum Gasteiger partial charge on any atom is -0.297 e. The molecule has 0 radical (unpaired) electrons. The quantitative estimate of drug-likeness (QED) is 0.636. The van der Waals surface area contributed by atoms with Crippen LogP contribution in [0, 0.1) is 5.82 Å². The number of rotatable bonds is 3. The molecule has 0 aliphatic rings. The van der Waals surface area contributed by atoms with E-state index >= 15 is 0 Å². The Kier molecular flexibility index (Phi) is 3.08. The molecule has 1 heterocycles. The zero-order chi connectivity index (χ0) is 12.5. The van der Waals surface area contributed by atoms with E-state index in [0.29, 0.717) is 6.29 Å². The molecule has 88 valence electrons. The lowest BCUT2D eigenvalue weighted by Crippen LogP contribution is -2.02. The second-order valence-electron chi connectivity index (χ2n) is 3.22. The summed E-state index contributed by atoms with van der Waals surface area (Å²) in [4.78, 5) is 10.8. The van der Waals surface area contributed by atoms with Gasteiger partial charge in [-0.25, -0.2) is 12.8 Å². The average Bonchev–Trinajstić information content (AvgIpc) is 2.78. The van der Waals surface area contributed by atoms with E-state index in [4.69, 9.17) is 0 Å². The predicted molar refractivity (Wildman–Crippen MR) is 61.6 cm³/mol. The van der Waals surface area contributed by atoms with Crippen molar-refractivity contribution in [1.29, 1.82) is 0 Å². The SMILES string of the molecule is O=Cc1sccc1S(=O)(=O)c1ccc(F)cc1. The largest absolute Gasteiger partial charge is 0.297 e. The molecule has 0 saturated carbocycles. The fourth-order valence-electron chi connectivity index (χ4n) is 1.36. The number of aldehydes is 1. The number of thiophene rings is 1. The van der Waals surface area contributed by atoms with Gasteiger partial charge in [0.15, 0.2) is 6.29 Å². The van der Waals surface area contributed by atoms with Crippen molar-refractivity contribution in [2.75, 3.05) is 0 Å². The van der Waals surface area contributed by atoms with Crippen molar-refractivity contribution >= 4 is 27.5 Å². The minimum atomic E-state index is -3.74. The van der Waals surface area contributed by atoms with Crippen LogP contribution >= 0.6 is 11.3 Å². The maximum atomic E-state index is 12.7. The van der Waals surface area contributed by atoms with E-state index in [9.17, 15) is 17.6 Å². The monoisotopic (exact) mass is 270 g/mol. The summed E-state index contributed by atoms with van der Waals surface area (Å²) in [6, 6.07) is 5.86. The molecule has 1 aromatic heterocycles. The summed E-state index contributed by atoms with van der Waals surface area (Å²) < 4.78 is 36.9. The summed E-state index contributed by atoms with van der Waals surface area (Å²) >= 11 is 1.05. The van der Waals surface area contributed by atoms with Crippen LogP contribution in [0.4, 0.5) is 4.39 Å². The van der Waals surface area contributed by atoms with Gasteiger partial charge >= 0.3 is 0 Å². The van der Waals surface area contributed by atoms with E-state index in [1.165, 1.54) is 23.6 Å². The molecule has 2 aromatic rings. The van der Waals surface area contributed by atoms with Crippen molar-refractivity contribution in [2.45, 2.75) is 9.79 Å². The fraction of sp³-hybridized carbons (Fsp3) is 0. The zero-order valence-corrected chi connectivity index (χ0v) is 10.1. The van der Waals surface area contributed by atoms with Gasteiger partial charge in [0.1, 0.15) is 5.82 Å². The number of halogens is 1. The van der Waals surface area contributed by atoms with E-state index in [2.05, 4.69) is 0 Å². The van der Waals surface area contributed by atoms with Gasteiger partial charge in [-0.2, -0.15) is 0 Å². The molecule has 0 fully saturated rings. The second-order valence-corrected chi connectivity index (χ2v) is 6.09. The topological polar surface area (TPSA) is 51.2 Å². The first kappa shape index (κ1) is 11.9. The Balaban J connectivity index is 2.57. The van der Waals surface area contributed by atoms with Gasteiger partial charge in [-0.3, -0.25) is 4.79 Å². The lowest BCUT2D eigenvalue weighted by atomic mass is 10.4. The maximum absolute atomic E-state index is 12.7. The molecular formula is C11H7FO3S2. The molecule has 0 amide bonds. The molecule has 0 aliphatic heterocycles. The number of hydrogen-bond acceptors (Lipinski definition) is 4. The highest BCUT2D eigenvalue weighted by Gasteiger charge is 2.21. The van der Waals surface area contributed by atoms with Gasteiger partial charge in [0.2, 0.25) is 9.84 Å². The molecule has 2 rings (SSSR count). The normalized spacial score (nSPS) is 11.4. The number of hydrogen-bond donors (Lipinski definition) is 0. The van der Waals surface area contributed by atoms with Crippen LogP contribution in [-0.2, 0) is 9.84 Å². The van der Waals surface area contributed by atoms with Gasteiger partial charge in [0, 0.05) is 0 Å². The summed E-state index contributed by atoms with van der Waals surface area (Å²) in [5.74, 6) is -0.509. The van der Waals surface area contributed by atoms with E-state index in [-0.39, 0.29) is 14.7 Å². The molecule has 0 N–H and O–H groups in total. The summed E-state index contributed by atoms with van der Waals surface area (Å²) in [5, 5.41) is 1.53. The van der Waals surface area contributed by atoms with Crippen LogP contribution in [0.15, 0.2) is 45.5 Å². The van der Waals surface area contributed by atoms with Gasteiger partial charge in [0.05, 0.1) is 14.7 Å². The molecule has 0 spiro atoms. The van der Waals surface area contributed by atoms with Crippen LogP contribution in [0.2, 0.25) is 0 Å². The average molecular weight is 270 g/mol. The van der Waals surface area contributed by atoms with Crippen LogP contribution in [0.3, 0.4) is 0 Å². The van der Waals surface area contributed by atoms with Crippen LogP contribution in [0.25, 0.3) is 0 Å². The van der Waals surface area contributed by atoms with Gasteiger partial charge in [0.25, 0.3) is 0 Å². The van der Waals surface area contributed by atoms with Crippen molar-refractivity contribution in [1.82, 2.24) is 0 Å². The van der Waals surface area contributed by atoms with Crippen molar-refractivity contribution < 1.29 is 17.6 Å². The Bertz CT molecular complexity index is 642. The highest BCUT2D eigenvalue weighted by atomic mass is 32.2. The Morgan fingerprint density at radius 3 is 2.35 bits per heavy atom. The van der Waals surface area contributed by atoms with Crippen molar-refractivity contribution in [3.8, 4) is 0 Å². The standard InChI is InChI=1S/C11H7FO3S2/c12-8-1-3-9(4-2-8)17(14,15)11-5-6-16-10(11)7-13/h1-7H. The van der Waals surface area contributed by atoms with E-state index in [1.54, 1.807) is 0 Å². The Morgan fingerprint density at radius 2 is 1.76 bits per heavy atom. The molecule has 1 aromatic carbocycles. The first-order valence-corrected chi connectivity index (χ1v) is 6.95. The molecular weight excluding hydrogens is 263 g/mol. The Hall–Kier alpha value is -1.53. The zero-order valence-electron chi connectivity index (χ0n) is 8.46. The third kappa shape index (κ3) is 2.13. The Morgan fingerprint density at radius 1 is 1.12 bits per heavy atom. The van der Waals surface area contributed by atoms with Crippen molar-refractivity contribution in [3.63, 3.8) is 0 Å². The van der Waals surface area contributed by atoms with Crippen LogP contribution in [-0.4, -0.2) is 14.7 Å². The van der Waals surface area contributed by atoms with Crippen LogP contribution in [0.5, 0.6) is 0 Å². The summed E-state index contributed by atoms with van der Waals surface area (Å²) in [6.45, 7) is 0. The molecule has 3 nitrogen and oxygen atoms in total. The lowest BCUT2D eigenvalue weighted by molar-refractivity contribution is 0.112. The van der Waals surface area contributed by atoms with Crippen LogP contribution < -0.4 is 0 Å². The highest BCUT2D eigenvalue weighted by molar-refractivity contribution is 7.91. The molecule has 0 atom stereocenters. The fourth-order valence-corrected chi connectivity index (χ4v) is 3.82. The summed E-state index contributed by atoms with van der Waals surface area (Å²) in [6.07, 6.45) is 0.501. The number of carbonyl (C=O) groups is 1.